The molecule has 4 heteroatoms. The molecule has 21 heavy (non-hydrogen) atoms. The van der Waals surface area contributed by atoms with E-state index in [1.54, 1.807) is 0 Å². The summed E-state index contributed by atoms with van der Waals surface area (Å²) in [7, 11) is 0. The van der Waals surface area contributed by atoms with Crippen LogP contribution in [0.25, 0.3) is 0 Å². The van der Waals surface area contributed by atoms with Crippen LogP contribution < -0.4 is 5.32 Å². The third-order valence-electron chi connectivity index (χ3n) is 4.42. The van der Waals surface area contributed by atoms with E-state index in [-0.39, 0.29) is 23.8 Å². The van der Waals surface area contributed by atoms with E-state index in [9.17, 15) is 9.59 Å². The summed E-state index contributed by atoms with van der Waals surface area (Å²) in [5.41, 5.74) is 1.04. The first-order chi connectivity index (χ1) is 10.2. The summed E-state index contributed by atoms with van der Waals surface area (Å²) in [6, 6.07) is 10.3. The summed E-state index contributed by atoms with van der Waals surface area (Å²) in [6.45, 7) is 2.70. The van der Waals surface area contributed by atoms with Gasteiger partial charge in [0.2, 0.25) is 11.8 Å². The van der Waals surface area contributed by atoms with E-state index in [2.05, 4.69) is 5.32 Å². The Bertz CT molecular complexity index is 525. The Morgan fingerprint density at radius 2 is 2.05 bits per heavy atom. The van der Waals surface area contributed by atoms with Gasteiger partial charge in [0.15, 0.2) is 0 Å². The molecule has 1 aliphatic carbocycles. The normalized spacial score (nSPS) is 23.2. The van der Waals surface area contributed by atoms with Crippen molar-refractivity contribution in [3.8, 4) is 0 Å². The van der Waals surface area contributed by atoms with Crippen LogP contribution in [0.3, 0.4) is 0 Å². The maximum Gasteiger partial charge on any atom is 0.227 e. The average molecular weight is 286 g/mol. The zero-order valence-electron chi connectivity index (χ0n) is 12.4. The molecule has 1 saturated carbocycles. The SMILES string of the molecule is CC[C@@H](C(=O)N[C@@H]1CC(=O)N(C2CC2)C1)c1ccccc1. The van der Waals surface area contributed by atoms with Crippen LogP contribution in [0.1, 0.15) is 44.1 Å². The van der Waals surface area contributed by atoms with Gasteiger partial charge in [-0.25, -0.2) is 0 Å². The maximum atomic E-state index is 12.5. The first-order valence-corrected chi connectivity index (χ1v) is 7.83. The highest BCUT2D eigenvalue weighted by Gasteiger charge is 2.40. The largest absolute Gasteiger partial charge is 0.351 e. The molecule has 1 aromatic carbocycles. The van der Waals surface area contributed by atoms with Gasteiger partial charge >= 0.3 is 0 Å². The predicted octanol–water partition coefficient (Wildman–Crippen LogP) is 2.06. The molecule has 1 aromatic rings. The van der Waals surface area contributed by atoms with Crippen LogP contribution in [-0.2, 0) is 9.59 Å². The Hall–Kier alpha value is -1.84. The highest BCUT2D eigenvalue weighted by molar-refractivity contribution is 5.86. The standard InChI is InChI=1S/C17H22N2O2/c1-2-15(12-6-4-3-5-7-12)17(21)18-13-10-16(20)19(11-13)14-8-9-14/h3-7,13-15H,2,8-11H2,1H3,(H,18,21)/t13-,15-/m1/s1. The fraction of sp³-hybridized carbons (Fsp3) is 0.529. The molecule has 0 aromatic heterocycles. The van der Waals surface area contributed by atoms with Crippen molar-refractivity contribution in [2.45, 2.75) is 50.6 Å². The monoisotopic (exact) mass is 286 g/mol. The Balaban J connectivity index is 1.61. The summed E-state index contributed by atoms with van der Waals surface area (Å²) in [4.78, 5) is 26.4. The van der Waals surface area contributed by atoms with E-state index in [1.165, 1.54) is 0 Å². The van der Waals surface area contributed by atoms with Crippen molar-refractivity contribution in [1.29, 1.82) is 0 Å². The zero-order valence-corrected chi connectivity index (χ0v) is 12.4. The average Bonchev–Trinajstić information content (AvgIpc) is 3.25. The molecule has 3 rings (SSSR count). The van der Waals surface area contributed by atoms with Gasteiger partial charge in [0.05, 0.1) is 12.0 Å². The Kier molecular flexibility index (Phi) is 3.95. The van der Waals surface area contributed by atoms with Crippen LogP contribution in [0.5, 0.6) is 0 Å². The van der Waals surface area contributed by atoms with Gasteiger partial charge in [-0.15, -0.1) is 0 Å². The van der Waals surface area contributed by atoms with Gasteiger partial charge in [-0.1, -0.05) is 37.3 Å². The first-order valence-electron chi connectivity index (χ1n) is 7.83. The smallest absolute Gasteiger partial charge is 0.227 e. The molecule has 0 spiro atoms. The molecular formula is C17H22N2O2. The van der Waals surface area contributed by atoms with Gasteiger partial charge in [0, 0.05) is 19.0 Å². The van der Waals surface area contributed by atoms with Crippen molar-refractivity contribution in [3.05, 3.63) is 35.9 Å². The van der Waals surface area contributed by atoms with Gasteiger partial charge < -0.3 is 10.2 Å². The maximum absolute atomic E-state index is 12.5. The predicted molar refractivity (Wildman–Crippen MR) is 80.8 cm³/mol. The molecule has 1 saturated heterocycles. The molecule has 0 unspecified atom stereocenters. The number of rotatable bonds is 5. The third-order valence-corrected chi connectivity index (χ3v) is 4.42. The molecule has 1 heterocycles. The lowest BCUT2D eigenvalue weighted by molar-refractivity contribution is -0.128. The van der Waals surface area contributed by atoms with E-state index in [0.717, 1.165) is 24.8 Å². The fourth-order valence-corrected chi connectivity index (χ4v) is 3.13. The summed E-state index contributed by atoms with van der Waals surface area (Å²) < 4.78 is 0. The number of carbonyl (C=O) groups excluding carboxylic acids is 2. The Morgan fingerprint density at radius 3 is 2.67 bits per heavy atom. The number of amides is 2. The molecule has 0 bridgehead atoms. The van der Waals surface area contributed by atoms with Crippen LogP contribution in [0.2, 0.25) is 0 Å². The lowest BCUT2D eigenvalue weighted by Gasteiger charge is -2.19. The van der Waals surface area contributed by atoms with Gasteiger partial charge in [-0.3, -0.25) is 9.59 Å². The van der Waals surface area contributed by atoms with E-state index >= 15 is 0 Å². The lowest BCUT2D eigenvalue weighted by Crippen LogP contribution is -2.40. The molecule has 0 radical (unpaired) electrons. The van der Waals surface area contributed by atoms with Crippen molar-refractivity contribution in [1.82, 2.24) is 10.2 Å². The minimum absolute atomic E-state index is 0.0247. The highest BCUT2D eigenvalue weighted by Crippen LogP contribution is 2.31. The highest BCUT2D eigenvalue weighted by atomic mass is 16.2. The van der Waals surface area contributed by atoms with Crippen molar-refractivity contribution in [3.63, 3.8) is 0 Å². The minimum Gasteiger partial charge on any atom is -0.351 e. The third kappa shape index (κ3) is 3.09. The summed E-state index contributed by atoms with van der Waals surface area (Å²) >= 11 is 0. The topological polar surface area (TPSA) is 49.4 Å². The van der Waals surface area contributed by atoms with E-state index < -0.39 is 0 Å². The summed E-state index contributed by atoms with van der Waals surface area (Å²) in [5, 5.41) is 3.07. The summed E-state index contributed by atoms with van der Waals surface area (Å²) in [5.74, 6) is 0.103. The number of benzene rings is 1. The number of nitrogens with zero attached hydrogens (tertiary/aromatic N) is 1. The van der Waals surface area contributed by atoms with Crippen molar-refractivity contribution < 1.29 is 9.59 Å². The van der Waals surface area contributed by atoms with Crippen LogP contribution in [-0.4, -0.2) is 35.3 Å². The quantitative estimate of drug-likeness (QED) is 0.900. The van der Waals surface area contributed by atoms with E-state index in [0.29, 0.717) is 19.0 Å². The Labute approximate surface area is 125 Å². The lowest BCUT2D eigenvalue weighted by atomic mass is 9.95. The van der Waals surface area contributed by atoms with Gasteiger partial charge in [-0.05, 0) is 24.8 Å². The molecule has 2 amide bonds. The molecule has 1 N–H and O–H groups in total. The van der Waals surface area contributed by atoms with Crippen LogP contribution in [0.4, 0.5) is 0 Å². The molecule has 2 aliphatic rings. The second kappa shape index (κ2) is 5.88. The zero-order chi connectivity index (χ0) is 14.8. The Morgan fingerprint density at radius 1 is 1.33 bits per heavy atom. The second-order valence-electron chi connectivity index (χ2n) is 6.06. The van der Waals surface area contributed by atoms with E-state index in [1.807, 2.05) is 42.2 Å². The number of nitrogens with one attached hydrogen (secondary N) is 1. The molecule has 4 nitrogen and oxygen atoms in total. The van der Waals surface area contributed by atoms with Crippen molar-refractivity contribution in [2.24, 2.45) is 0 Å². The molecule has 112 valence electrons. The number of hydrogen-bond donors (Lipinski definition) is 1. The fourth-order valence-electron chi connectivity index (χ4n) is 3.13. The number of carbonyl (C=O) groups is 2. The molecule has 2 atom stereocenters. The van der Waals surface area contributed by atoms with Crippen LogP contribution in [0.15, 0.2) is 30.3 Å². The second-order valence-corrected chi connectivity index (χ2v) is 6.06. The number of hydrogen-bond acceptors (Lipinski definition) is 2. The van der Waals surface area contributed by atoms with Crippen molar-refractivity contribution >= 4 is 11.8 Å². The van der Waals surface area contributed by atoms with Gasteiger partial charge in [0.25, 0.3) is 0 Å². The van der Waals surface area contributed by atoms with Gasteiger partial charge in [-0.2, -0.15) is 0 Å². The first kappa shape index (κ1) is 14.1. The van der Waals surface area contributed by atoms with E-state index in [4.69, 9.17) is 0 Å². The van der Waals surface area contributed by atoms with Gasteiger partial charge in [0.1, 0.15) is 0 Å². The molecule has 1 aliphatic heterocycles. The molecule has 2 fully saturated rings. The number of likely N-dealkylation sites (tertiary alicyclic amines) is 1. The minimum atomic E-state index is -0.128. The molecular weight excluding hydrogens is 264 g/mol. The van der Waals surface area contributed by atoms with Crippen LogP contribution in [0, 0.1) is 0 Å². The van der Waals surface area contributed by atoms with Crippen molar-refractivity contribution in [2.75, 3.05) is 6.54 Å². The summed E-state index contributed by atoms with van der Waals surface area (Å²) in [6.07, 6.45) is 3.46. The van der Waals surface area contributed by atoms with Crippen LogP contribution >= 0.6 is 0 Å².